The van der Waals surface area contributed by atoms with E-state index in [1.807, 2.05) is 0 Å². The maximum Gasteiger partial charge on any atom is 0.236 e. The molecule has 98 valence electrons. The van der Waals surface area contributed by atoms with Gasteiger partial charge in [-0.05, 0) is 25.3 Å². The Balaban J connectivity index is 1.81. The maximum atomic E-state index is 12.2. The van der Waals surface area contributed by atoms with E-state index in [0.717, 1.165) is 32.7 Å². The van der Waals surface area contributed by atoms with Gasteiger partial charge in [0.15, 0.2) is 0 Å². The number of amides is 1. The Morgan fingerprint density at radius 1 is 1.47 bits per heavy atom. The van der Waals surface area contributed by atoms with Crippen LogP contribution in [0.5, 0.6) is 0 Å². The maximum absolute atomic E-state index is 12.2. The van der Waals surface area contributed by atoms with Crippen LogP contribution in [0, 0.1) is 5.92 Å². The summed E-state index contributed by atoms with van der Waals surface area (Å²) in [4.78, 5) is 16.6. The third-order valence-electron chi connectivity index (χ3n) is 4.03. The average Bonchev–Trinajstić information content (AvgIpc) is 2.25. The van der Waals surface area contributed by atoms with Gasteiger partial charge in [0.05, 0.1) is 6.54 Å². The van der Waals surface area contributed by atoms with Gasteiger partial charge in [0.1, 0.15) is 0 Å². The fraction of sp³-hybridized carbons (Fsp3) is 0.923. The van der Waals surface area contributed by atoms with E-state index in [-0.39, 0.29) is 0 Å². The highest BCUT2D eigenvalue weighted by Crippen LogP contribution is 2.16. The summed E-state index contributed by atoms with van der Waals surface area (Å²) in [5.41, 5.74) is 0. The van der Waals surface area contributed by atoms with Crippen LogP contribution < -0.4 is 5.32 Å². The summed E-state index contributed by atoms with van der Waals surface area (Å²) in [6, 6.07) is 0.575. The summed E-state index contributed by atoms with van der Waals surface area (Å²) in [6.45, 7) is 9.96. The average molecular weight is 239 g/mol. The largest absolute Gasteiger partial charge is 0.341 e. The molecule has 0 radical (unpaired) electrons. The van der Waals surface area contributed by atoms with E-state index in [0.29, 0.717) is 24.4 Å². The molecule has 2 saturated heterocycles. The highest BCUT2D eigenvalue weighted by molar-refractivity contribution is 5.78. The van der Waals surface area contributed by atoms with Gasteiger partial charge in [-0.2, -0.15) is 0 Å². The van der Waals surface area contributed by atoms with Gasteiger partial charge >= 0.3 is 0 Å². The van der Waals surface area contributed by atoms with Crippen molar-refractivity contribution in [2.24, 2.45) is 5.92 Å². The van der Waals surface area contributed by atoms with E-state index in [9.17, 15) is 4.79 Å². The number of rotatable bonds is 4. The lowest BCUT2D eigenvalue weighted by molar-refractivity contribution is -0.134. The minimum Gasteiger partial charge on any atom is -0.341 e. The molecule has 2 aliphatic heterocycles. The van der Waals surface area contributed by atoms with E-state index >= 15 is 0 Å². The number of carbonyl (C=O) groups is 1. The van der Waals surface area contributed by atoms with E-state index in [2.05, 4.69) is 29.0 Å². The first-order valence-electron chi connectivity index (χ1n) is 6.93. The zero-order valence-electron chi connectivity index (χ0n) is 11.1. The monoisotopic (exact) mass is 239 g/mol. The van der Waals surface area contributed by atoms with Crippen molar-refractivity contribution < 1.29 is 4.79 Å². The number of carbonyl (C=O) groups excluding carboxylic acids is 1. The van der Waals surface area contributed by atoms with Gasteiger partial charge in [-0.1, -0.05) is 13.8 Å². The number of likely N-dealkylation sites (tertiary alicyclic amines) is 1. The molecule has 1 N–H and O–H groups in total. The van der Waals surface area contributed by atoms with Crippen molar-refractivity contribution >= 4 is 5.91 Å². The molecule has 2 rings (SSSR count). The third-order valence-corrected chi connectivity index (χ3v) is 4.03. The summed E-state index contributed by atoms with van der Waals surface area (Å²) < 4.78 is 0. The van der Waals surface area contributed by atoms with E-state index in [1.165, 1.54) is 12.8 Å². The predicted octanol–water partition coefficient (Wildman–Crippen LogP) is 0.539. The molecule has 0 spiro atoms. The molecular formula is C13H25N3O. The number of piperidine rings is 1. The summed E-state index contributed by atoms with van der Waals surface area (Å²) >= 11 is 0. The molecule has 0 saturated carbocycles. The van der Waals surface area contributed by atoms with Gasteiger partial charge < -0.3 is 10.2 Å². The molecule has 1 amide bonds. The molecule has 1 atom stereocenters. The molecule has 0 aromatic rings. The lowest BCUT2D eigenvalue weighted by Gasteiger charge is -2.39. The highest BCUT2D eigenvalue weighted by atomic mass is 16.2. The predicted molar refractivity (Wildman–Crippen MR) is 68.9 cm³/mol. The van der Waals surface area contributed by atoms with Crippen LogP contribution in [0.25, 0.3) is 0 Å². The van der Waals surface area contributed by atoms with Gasteiger partial charge in [0, 0.05) is 32.2 Å². The van der Waals surface area contributed by atoms with Gasteiger partial charge in [0.2, 0.25) is 5.91 Å². The summed E-state index contributed by atoms with van der Waals surface area (Å²) in [5, 5.41) is 3.27. The van der Waals surface area contributed by atoms with Crippen molar-refractivity contribution in [3.8, 4) is 0 Å². The van der Waals surface area contributed by atoms with Crippen molar-refractivity contribution in [3.05, 3.63) is 0 Å². The van der Waals surface area contributed by atoms with Crippen LogP contribution in [-0.4, -0.2) is 61.0 Å². The van der Waals surface area contributed by atoms with Crippen molar-refractivity contribution in [1.29, 1.82) is 0 Å². The zero-order valence-corrected chi connectivity index (χ0v) is 11.1. The fourth-order valence-electron chi connectivity index (χ4n) is 2.72. The summed E-state index contributed by atoms with van der Waals surface area (Å²) in [5.74, 6) is 0.999. The highest BCUT2D eigenvalue weighted by Gasteiger charge is 2.27. The number of nitrogens with zero attached hydrogens (tertiary/aromatic N) is 2. The molecule has 4 heteroatoms. The fourth-order valence-corrected chi connectivity index (χ4v) is 2.72. The summed E-state index contributed by atoms with van der Waals surface area (Å²) in [6.07, 6.45) is 2.44. The Bertz CT molecular complexity index is 265. The second-order valence-corrected chi connectivity index (χ2v) is 5.46. The third kappa shape index (κ3) is 3.19. The lowest BCUT2D eigenvalue weighted by Crippen LogP contribution is -2.59. The van der Waals surface area contributed by atoms with Gasteiger partial charge in [-0.3, -0.25) is 9.69 Å². The molecule has 0 aromatic heterocycles. The first-order chi connectivity index (χ1) is 8.20. The lowest BCUT2D eigenvalue weighted by atomic mass is 10.0. The minimum atomic E-state index is 0.324. The van der Waals surface area contributed by atoms with E-state index in [1.54, 1.807) is 0 Å². The van der Waals surface area contributed by atoms with Gasteiger partial charge in [0.25, 0.3) is 0 Å². The van der Waals surface area contributed by atoms with Gasteiger partial charge in [-0.25, -0.2) is 0 Å². The van der Waals surface area contributed by atoms with E-state index < -0.39 is 0 Å². The SMILES string of the molecule is CCN(CC(=O)N1CCCC(C)C1)C1CNC1. The zero-order chi connectivity index (χ0) is 12.3. The van der Waals surface area contributed by atoms with Crippen LogP contribution in [0.2, 0.25) is 0 Å². The molecule has 17 heavy (non-hydrogen) atoms. The Morgan fingerprint density at radius 3 is 2.76 bits per heavy atom. The van der Waals surface area contributed by atoms with Crippen LogP contribution in [0.3, 0.4) is 0 Å². The molecule has 2 aliphatic rings. The van der Waals surface area contributed by atoms with Crippen LogP contribution >= 0.6 is 0 Å². The number of nitrogens with one attached hydrogen (secondary N) is 1. The molecule has 0 aromatic carbocycles. The number of likely N-dealkylation sites (N-methyl/N-ethyl adjacent to an activating group) is 1. The van der Waals surface area contributed by atoms with Crippen molar-refractivity contribution in [1.82, 2.24) is 15.1 Å². The number of hydrogen-bond donors (Lipinski definition) is 1. The topological polar surface area (TPSA) is 35.6 Å². The van der Waals surface area contributed by atoms with Crippen LogP contribution in [0.15, 0.2) is 0 Å². The molecule has 2 heterocycles. The molecule has 4 nitrogen and oxygen atoms in total. The smallest absolute Gasteiger partial charge is 0.236 e. The van der Waals surface area contributed by atoms with Gasteiger partial charge in [-0.15, -0.1) is 0 Å². The van der Waals surface area contributed by atoms with E-state index in [4.69, 9.17) is 0 Å². The van der Waals surface area contributed by atoms with Crippen molar-refractivity contribution in [2.75, 3.05) is 39.3 Å². The number of hydrogen-bond acceptors (Lipinski definition) is 3. The van der Waals surface area contributed by atoms with Crippen molar-refractivity contribution in [3.63, 3.8) is 0 Å². The Morgan fingerprint density at radius 2 is 2.24 bits per heavy atom. The van der Waals surface area contributed by atoms with Crippen LogP contribution in [0.4, 0.5) is 0 Å². The molecule has 1 unspecified atom stereocenters. The first kappa shape index (κ1) is 12.8. The Kier molecular flexibility index (Phi) is 4.40. The molecule has 0 bridgehead atoms. The second-order valence-electron chi connectivity index (χ2n) is 5.46. The van der Waals surface area contributed by atoms with Crippen LogP contribution in [-0.2, 0) is 4.79 Å². The first-order valence-corrected chi connectivity index (χ1v) is 6.93. The minimum absolute atomic E-state index is 0.324. The quantitative estimate of drug-likeness (QED) is 0.778. The molecule has 2 fully saturated rings. The summed E-state index contributed by atoms with van der Waals surface area (Å²) in [7, 11) is 0. The van der Waals surface area contributed by atoms with Crippen molar-refractivity contribution in [2.45, 2.75) is 32.7 Å². The Hall–Kier alpha value is -0.610. The molecular weight excluding hydrogens is 214 g/mol. The normalized spacial score (nSPS) is 26.1. The molecule has 0 aliphatic carbocycles. The second kappa shape index (κ2) is 5.83. The standard InChI is InChI=1S/C13H25N3O/c1-3-15(12-7-14-8-12)10-13(17)16-6-4-5-11(2)9-16/h11-12,14H,3-10H2,1-2H3. The van der Waals surface area contributed by atoms with Crippen LogP contribution in [0.1, 0.15) is 26.7 Å². The Labute approximate surface area is 104 Å².